The zero-order valence-corrected chi connectivity index (χ0v) is 13.2. The van der Waals surface area contributed by atoms with Crippen LogP contribution >= 0.6 is 0 Å². The largest absolute Gasteiger partial charge is 0.390 e. The zero-order valence-electron chi connectivity index (χ0n) is 13.2. The molecule has 3 heteroatoms. The second-order valence-electron chi connectivity index (χ2n) is 5.69. The molecule has 0 saturated carbocycles. The average molecular weight is 259 g/mol. The molecular formula is C15H33NO2. The molecular weight excluding hydrogens is 226 g/mol. The lowest BCUT2D eigenvalue weighted by Crippen LogP contribution is -2.42. The number of ether oxygens (including phenoxy) is 1. The average Bonchev–Trinajstić information content (AvgIpc) is 2.31. The molecule has 1 aliphatic rings. The van der Waals surface area contributed by atoms with Crippen molar-refractivity contribution in [1.29, 1.82) is 0 Å². The van der Waals surface area contributed by atoms with Crippen molar-refractivity contribution < 1.29 is 9.84 Å². The molecule has 0 aromatic heterocycles. The van der Waals surface area contributed by atoms with Gasteiger partial charge in [0.1, 0.15) is 0 Å². The highest BCUT2D eigenvalue weighted by molar-refractivity contribution is 4.82. The zero-order chi connectivity index (χ0) is 14.2. The van der Waals surface area contributed by atoms with Crippen LogP contribution in [0.5, 0.6) is 0 Å². The van der Waals surface area contributed by atoms with Crippen LogP contribution in [0.4, 0.5) is 0 Å². The van der Waals surface area contributed by atoms with Crippen molar-refractivity contribution in [2.45, 2.75) is 66.1 Å². The van der Waals surface area contributed by atoms with Crippen molar-refractivity contribution in [1.82, 2.24) is 4.90 Å². The summed E-state index contributed by atoms with van der Waals surface area (Å²) in [4.78, 5) is 2.44. The predicted molar refractivity (Wildman–Crippen MR) is 77.9 cm³/mol. The molecule has 1 N–H and O–H groups in total. The molecule has 0 spiro atoms. The van der Waals surface area contributed by atoms with Crippen LogP contribution in [-0.2, 0) is 4.74 Å². The maximum atomic E-state index is 9.93. The molecule has 18 heavy (non-hydrogen) atoms. The van der Waals surface area contributed by atoms with Crippen molar-refractivity contribution in [2.75, 3.05) is 26.2 Å². The number of piperidine rings is 1. The highest BCUT2D eigenvalue weighted by Crippen LogP contribution is 2.27. The lowest BCUT2D eigenvalue weighted by atomic mass is 9.83. The second-order valence-corrected chi connectivity index (χ2v) is 5.69. The van der Waals surface area contributed by atoms with E-state index in [0.29, 0.717) is 12.0 Å². The maximum absolute atomic E-state index is 9.93. The van der Waals surface area contributed by atoms with Gasteiger partial charge in [0.15, 0.2) is 0 Å². The van der Waals surface area contributed by atoms with Crippen LogP contribution in [0.25, 0.3) is 0 Å². The quantitative estimate of drug-likeness (QED) is 0.824. The molecule has 0 bridgehead atoms. The van der Waals surface area contributed by atoms with E-state index < -0.39 is 5.60 Å². The van der Waals surface area contributed by atoms with Gasteiger partial charge >= 0.3 is 0 Å². The monoisotopic (exact) mass is 259 g/mol. The molecule has 0 radical (unpaired) electrons. The van der Waals surface area contributed by atoms with E-state index in [0.717, 1.165) is 39.1 Å². The standard InChI is InChI=1S/C13H27NO2.C2H6/c1-11(2)16-10-9-14-7-5-12(6-8-14)13(3,4)15;1-2/h11-12,15H,5-10H2,1-4H3;1-2H3. The number of aliphatic hydroxyl groups is 1. The number of rotatable bonds is 5. The third-order valence-corrected chi connectivity index (χ3v) is 3.45. The van der Waals surface area contributed by atoms with E-state index >= 15 is 0 Å². The second kappa shape index (κ2) is 8.89. The van der Waals surface area contributed by atoms with E-state index in [2.05, 4.69) is 18.7 Å². The van der Waals surface area contributed by atoms with Crippen LogP contribution in [0, 0.1) is 5.92 Å². The highest BCUT2D eigenvalue weighted by atomic mass is 16.5. The molecule has 0 aliphatic carbocycles. The van der Waals surface area contributed by atoms with Crippen LogP contribution in [0.2, 0.25) is 0 Å². The van der Waals surface area contributed by atoms with Crippen molar-refractivity contribution in [3.05, 3.63) is 0 Å². The summed E-state index contributed by atoms with van der Waals surface area (Å²) in [5, 5.41) is 9.93. The van der Waals surface area contributed by atoms with Gasteiger partial charge in [0.05, 0.1) is 18.3 Å². The summed E-state index contributed by atoms with van der Waals surface area (Å²) in [7, 11) is 0. The van der Waals surface area contributed by atoms with Crippen LogP contribution in [0.1, 0.15) is 54.4 Å². The predicted octanol–water partition coefficient (Wildman–Crippen LogP) is 2.92. The number of hydrogen-bond donors (Lipinski definition) is 1. The minimum absolute atomic E-state index is 0.328. The van der Waals surface area contributed by atoms with Crippen LogP contribution in [-0.4, -0.2) is 48.0 Å². The van der Waals surface area contributed by atoms with E-state index in [1.165, 1.54) is 0 Å². The summed E-state index contributed by atoms with van der Waals surface area (Å²) in [6, 6.07) is 0. The minimum atomic E-state index is -0.513. The van der Waals surface area contributed by atoms with Gasteiger partial charge in [0, 0.05) is 6.54 Å². The third kappa shape index (κ3) is 7.34. The van der Waals surface area contributed by atoms with Crippen LogP contribution < -0.4 is 0 Å². The first-order valence-corrected chi connectivity index (χ1v) is 7.46. The van der Waals surface area contributed by atoms with Gasteiger partial charge in [0.2, 0.25) is 0 Å². The molecule has 1 fully saturated rings. The fourth-order valence-electron chi connectivity index (χ4n) is 2.28. The van der Waals surface area contributed by atoms with Crippen LogP contribution in [0.15, 0.2) is 0 Å². The maximum Gasteiger partial charge on any atom is 0.0620 e. The summed E-state index contributed by atoms with van der Waals surface area (Å²) in [6.45, 7) is 16.0. The molecule has 0 atom stereocenters. The van der Waals surface area contributed by atoms with E-state index in [1.807, 2.05) is 27.7 Å². The lowest BCUT2D eigenvalue weighted by Gasteiger charge is -2.37. The van der Waals surface area contributed by atoms with E-state index in [9.17, 15) is 5.11 Å². The normalized spacial score (nSPS) is 18.7. The number of hydrogen-bond acceptors (Lipinski definition) is 3. The molecule has 0 unspecified atom stereocenters. The highest BCUT2D eigenvalue weighted by Gasteiger charge is 2.30. The van der Waals surface area contributed by atoms with Gasteiger partial charge in [-0.05, 0) is 59.5 Å². The van der Waals surface area contributed by atoms with Gasteiger partial charge in [-0.2, -0.15) is 0 Å². The smallest absolute Gasteiger partial charge is 0.0620 e. The molecule has 0 aromatic carbocycles. The van der Waals surface area contributed by atoms with Gasteiger partial charge in [0.25, 0.3) is 0 Å². The Bertz CT molecular complexity index is 191. The molecule has 0 amide bonds. The fourth-order valence-corrected chi connectivity index (χ4v) is 2.28. The Morgan fingerprint density at radius 1 is 1.22 bits per heavy atom. The van der Waals surface area contributed by atoms with E-state index in [-0.39, 0.29) is 0 Å². The Kier molecular flexibility index (Phi) is 8.83. The van der Waals surface area contributed by atoms with Crippen LogP contribution in [0.3, 0.4) is 0 Å². The topological polar surface area (TPSA) is 32.7 Å². The molecule has 1 rings (SSSR count). The van der Waals surface area contributed by atoms with Gasteiger partial charge in [-0.3, -0.25) is 0 Å². The fraction of sp³-hybridized carbons (Fsp3) is 1.00. The number of nitrogens with zero attached hydrogens (tertiary/aromatic N) is 1. The van der Waals surface area contributed by atoms with Crippen molar-refractivity contribution >= 4 is 0 Å². The summed E-state index contributed by atoms with van der Waals surface area (Å²) in [5.41, 5.74) is -0.513. The number of likely N-dealkylation sites (tertiary alicyclic amines) is 1. The van der Waals surface area contributed by atoms with Crippen molar-refractivity contribution in [3.63, 3.8) is 0 Å². The summed E-state index contributed by atoms with van der Waals surface area (Å²) in [6.07, 6.45) is 2.53. The van der Waals surface area contributed by atoms with Crippen molar-refractivity contribution in [2.24, 2.45) is 5.92 Å². The Hall–Kier alpha value is -0.120. The Morgan fingerprint density at radius 3 is 2.11 bits per heavy atom. The Balaban J connectivity index is 0.00000137. The van der Waals surface area contributed by atoms with Gasteiger partial charge in [-0.25, -0.2) is 0 Å². The Labute approximate surface area is 114 Å². The van der Waals surface area contributed by atoms with Gasteiger partial charge in [-0.15, -0.1) is 0 Å². The Morgan fingerprint density at radius 2 is 1.72 bits per heavy atom. The minimum Gasteiger partial charge on any atom is -0.390 e. The first-order chi connectivity index (χ1) is 8.39. The molecule has 3 nitrogen and oxygen atoms in total. The summed E-state index contributed by atoms with van der Waals surface area (Å²) >= 11 is 0. The molecule has 1 aliphatic heterocycles. The summed E-state index contributed by atoms with van der Waals surface area (Å²) in [5.74, 6) is 0.453. The molecule has 110 valence electrons. The SMILES string of the molecule is CC.CC(C)OCCN1CCC(C(C)(C)O)CC1. The molecule has 0 aromatic rings. The van der Waals surface area contributed by atoms with Crippen molar-refractivity contribution in [3.8, 4) is 0 Å². The van der Waals surface area contributed by atoms with Gasteiger partial charge in [-0.1, -0.05) is 13.8 Å². The van der Waals surface area contributed by atoms with E-state index in [4.69, 9.17) is 4.74 Å². The van der Waals surface area contributed by atoms with E-state index in [1.54, 1.807) is 0 Å². The van der Waals surface area contributed by atoms with Gasteiger partial charge < -0.3 is 14.7 Å². The first kappa shape index (κ1) is 17.9. The summed E-state index contributed by atoms with van der Waals surface area (Å²) < 4.78 is 5.55. The molecule has 1 heterocycles. The molecule has 1 saturated heterocycles. The third-order valence-electron chi connectivity index (χ3n) is 3.45. The first-order valence-electron chi connectivity index (χ1n) is 7.46. The lowest BCUT2D eigenvalue weighted by molar-refractivity contribution is -0.0183.